The molecule has 5 heteroatoms. The number of hydrogen-bond donors (Lipinski definition) is 2. The summed E-state index contributed by atoms with van der Waals surface area (Å²) in [4.78, 5) is 7.77. The predicted molar refractivity (Wildman–Crippen MR) is 44.9 cm³/mol. The third kappa shape index (κ3) is 3.52. The maximum absolute atomic E-state index is 6.93. The molecule has 11 heavy (non-hydrogen) atoms. The van der Waals surface area contributed by atoms with Gasteiger partial charge in [0.25, 0.3) is 0 Å². The van der Waals surface area contributed by atoms with Crippen LogP contribution in [0.2, 0.25) is 0 Å². The van der Waals surface area contributed by atoms with Gasteiger partial charge in [-0.25, -0.2) is 9.97 Å². The van der Waals surface area contributed by atoms with E-state index >= 15 is 0 Å². The van der Waals surface area contributed by atoms with Crippen molar-refractivity contribution in [1.29, 1.82) is 5.41 Å². The van der Waals surface area contributed by atoms with E-state index in [0.717, 1.165) is 0 Å². The minimum absolute atomic E-state index is 0. The summed E-state index contributed by atoms with van der Waals surface area (Å²) in [5.74, 6) is 0.682. The van der Waals surface area contributed by atoms with Gasteiger partial charge >= 0.3 is 0 Å². The summed E-state index contributed by atoms with van der Waals surface area (Å²) in [5, 5.41) is 6.93. The first-order chi connectivity index (χ1) is 4.79. The van der Waals surface area contributed by atoms with Gasteiger partial charge < -0.3 is 5.73 Å². The molecule has 1 rings (SSSR count). The molecule has 0 aliphatic rings. The molecule has 0 amide bonds. The molecule has 0 spiro atoms. The Labute approximate surface area is 70.8 Å². The molecule has 0 radical (unpaired) electrons. The van der Waals surface area contributed by atoms with Gasteiger partial charge in [-0.1, -0.05) is 0 Å². The second-order valence-electron chi connectivity index (χ2n) is 1.87. The monoisotopic (exact) mass is 172 g/mol. The number of amidine groups is 1. The lowest BCUT2D eigenvalue weighted by Crippen LogP contribution is -2.14. The fourth-order valence-electron chi connectivity index (χ4n) is 0.592. The van der Waals surface area contributed by atoms with E-state index in [2.05, 4.69) is 9.97 Å². The zero-order chi connectivity index (χ0) is 7.40. The highest BCUT2D eigenvalue weighted by molar-refractivity contribution is 5.85. The average Bonchev–Trinajstić information content (AvgIpc) is 1.88. The van der Waals surface area contributed by atoms with E-state index < -0.39 is 0 Å². The third-order valence-corrected chi connectivity index (χ3v) is 0.968. The second-order valence-corrected chi connectivity index (χ2v) is 1.87. The van der Waals surface area contributed by atoms with Gasteiger partial charge in [0.05, 0.1) is 12.3 Å². The molecule has 0 aliphatic heterocycles. The lowest BCUT2D eigenvalue weighted by Gasteiger charge is -1.93. The molecule has 0 saturated heterocycles. The highest BCUT2D eigenvalue weighted by Crippen LogP contribution is 1.86. The number of nitrogens with zero attached hydrogens (tertiary/aromatic N) is 2. The number of hydrogen-bond acceptors (Lipinski definition) is 3. The summed E-state index contributed by atoms with van der Waals surface area (Å²) in [6.45, 7) is 0. The van der Waals surface area contributed by atoms with E-state index in [0.29, 0.717) is 12.2 Å². The van der Waals surface area contributed by atoms with E-state index in [1.165, 1.54) is 0 Å². The fraction of sp³-hybridized carbons (Fsp3) is 0.167. The van der Waals surface area contributed by atoms with Crippen LogP contribution in [0.5, 0.6) is 0 Å². The Morgan fingerprint density at radius 2 is 2.00 bits per heavy atom. The number of rotatable bonds is 2. The van der Waals surface area contributed by atoms with Crippen LogP contribution in [0.1, 0.15) is 5.82 Å². The lowest BCUT2D eigenvalue weighted by atomic mass is 10.4. The van der Waals surface area contributed by atoms with Crippen LogP contribution in [0, 0.1) is 5.41 Å². The zero-order valence-electron chi connectivity index (χ0n) is 5.82. The molecule has 0 unspecified atom stereocenters. The summed E-state index contributed by atoms with van der Waals surface area (Å²) in [7, 11) is 0. The Hall–Kier alpha value is -1.16. The summed E-state index contributed by atoms with van der Waals surface area (Å²) in [6, 6.07) is 1.73. The van der Waals surface area contributed by atoms with E-state index in [1.54, 1.807) is 18.5 Å². The molecule has 0 fully saturated rings. The third-order valence-electron chi connectivity index (χ3n) is 0.968. The largest absolute Gasteiger partial charge is 0.387 e. The first-order valence-electron chi connectivity index (χ1n) is 2.88. The van der Waals surface area contributed by atoms with Crippen molar-refractivity contribution < 1.29 is 0 Å². The summed E-state index contributed by atoms with van der Waals surface area (Å²) >= 11 is 0. The molecule has 3 N–H and O–H groups in total. The van der Waals surface area contributed by atoms with Crippen LogP contribution in [-0.4, -0.2) is 15.8 Å². The van der Waals surface area contributed by atoms with E-state index in [-0.39, 0.29) is 18.2 Å². The average molecular weight is 173 g/mol. The summed E-state index contributed by atoms with van der Waals surface area (Å²) in [6.07, 6.45) is 3.59. The molecule has 0 atom stereocenters. The molecule has 0 saturated carbocycles. The Kier molecular flexibility index (Phi) is 4.14. The van der Waals surface area contributed by atoms with Gasteiger partial charge in [0.15, 0.2) is 0 Å². The molecule has 1 aromatic rings. The number of halogens is 1. The Morgan fingerprint density at radius 1 is 1.45 bits per heavy atom. The standard InChI is InChI=1S/C6H8N4.ClH/c7-5(8)4-6-9-2-1-3-10-6;/h1-3H,4H2,(H3,7,8);1H. The van der Waals surface area contributed by atoms with E-state index in [1.807, 2.05) is 0 Å². The van der Waals surface area contributed by atoms with Gasteiger partial charge in [-0.15, -0.1) is 12.4 Å². The molecule has 4 nitrogen and oxygen atoms in total. The van der Waals surface area contributed by atoms with Crippen molar-refractivity contribution in [1.82, 2.24) is 9.97 Å². The maximum Gasteiger partial charge on any atom is 0.135 e. The maximum atomic E-state index is 6.93. The molecule has 0 aliphatic carbocycles. The quantitative estimate of drug-likeness (QED) is 0.500. The molecular weight excluding hydrogens is 164 g/mol. The molecule has 0 aromatic carbocycles. The minimum atomic E-state index is 0. The van der Waals surface area contributed by atoms with Crippen LogP contribution in [0.3, 0.4) is 0 Å². The number of nitrogens with two attached hydrogens (primary N) is 1. The van der Waals surface area contributed by atoms with Crippen LogP contribution in [0.4, 0.5) is 0 Å². The topological polar surface area (TPSA) is 75.7 Å². The van der Waals surface area contributed by atoms with Gasteiger partial charge in [0.1, 0.15) is 5.82 Å². The van der Waals surface area contributed by atoms with Gasteiger partial charge in [-0.3, -0.25) is 5.41 Å². The molecular formula is C6H9ClN4. The van der Waals surface area contributed by atoms with Crippen molar-refractivity contribution in [2.45, 2.75) is 6.42 Å². The van der Waals surface area contributed by atoms with Crippen LogP contribution in [0.15, 0.2) is 18.5 Å². The first kappa shape index (κ1) is 9.84. The first-order valence-corrected chi connectivity index (χ1v) is 2.88. The minimum Gasteiger partial charge on any atom is -0.387 e. The highest BCUT2D eigenvalue weighted by atomic mass is 35.5. The Morgan fingerprint density at radius 3 is 2.45 bits per heavy atom. The Balaban J connectivity index is 0.000001000. The molecule has 1 heterocycles. The van der Waals surface area contributed by atoms with Gasteiger partial charge in [0.2, 0.25) is 0 Å². The van der Waals surface area contributed by atoms with E-state index in [9.17, 15) is 0 Å². The lowest BCUT2D eigenvalue weighted by molar-refractivity contribution is 0.999. The van der Waals surface area contributed by atoms with Crippen molar-refractivity contribution >= 4 is 18.2 Å². The van der Waals surface area contributed by atoms with Crippen molar-refractivity contribution in [2.75, 3.05) is 0 Å². The second kappa shape index (κ2) is 4.62. The van der Waals surface area contributed by atoms with Crippen molar-refractivity contribution in [2.24, 2.45) is 5.73 Å². The van der Waals surface area contributed by atoms with Crippen molar-refractivity contribution in [3.63, 3.8) is 0 Å². The summed E-state index contributed by atoms with van der Waals surface area (Å²) in [5.41, 5.74) is 5.13. The van der Waals surface area contributed by atoms with Crippen LogP contribution in [-0.2, 0) is 6.42 Å². The van der Waals surface area contributed by atoms with Crippen LogP contribution < -0.4 is 5.73 Å². The van der Waals surface area contributed by atoms with Crippen molar-refractivity contribution in [3.05, 3.63) is 24.3 Å². The molecule has 0 bridgehead atoms. The number of aromatic nitrogens is 2. The Bertz CT molecular complexity index is 223. The molecule has 60 valence electrons. The smallest absolute Gasteiger partial charge is 0.135 e. The predicted octanol–water partition coefficient (Wildman–Crippen LogP) is 0.377. The van der Waals surface area contributed by atoms with Crippen molar-refractivity contribution in [3.8, 4) is 0 Å². The SMILES string of the molecule is Cl.N=C(N)Cc1ncccn1. The number of nitrogens with one attached hydrogen (secondary N) is 1. The highest BCUT2D eigenvalue weighted by Gasteiger charge is 1.94. The normalized spacial score (nSPS) is 8.36. The van der Waals surface area contributed by atoms with Gasteiger partial charge in [-0.2, -0.15) is 0 Å². The summed E-state index contributed by atoms with van der Waals surface area (Å²) < 4.78 is 0. The zero-order valence-corrected chi connectivity index (χ0v) is 6.64. The fourth-order valence-corrected chi connectivity index (χ4v) is 0.592. The van der Waals surface area contributed by atoms with E-state index in [4.69, 9.17) is 11.1 Å². The van der Waals surface area contributed by atoms with Gasteiger partial charge in [-0.05, 0) is 6.07 Å². The van der Waals surface area contributed by atoms with Crippen LogP contribution in [0.25, 0.3) is 0 Å². The van der Waals surface area contributed by atoms with Crippen LogP contribution >= 0.6 is 12.4 Å². The molecule has 1 aromatic heterocycles. The van der Waals surface area contributed by atoms with Gasteiger partial charge in [0, 0.05) is 12.4 Å².